The molecule has 2 heterocycles. The summed E-state index contributed by atoms with van der Waals surface area (Å²) >= 11 is 1.49. The predicted molar refractivity (Wildman–Crippen MR) is 91.4 cm³/mol. The second-order valence-corrected chi connectivity index (χ2v) is 5.97. The minimum atomic E-state index is -1.15. The molecule has 1 aromatic carbocycles. The van der Waals surface area contributed by atoms with Gasteiger partial charge in [0, 0.05) is 42.7 Å². The van der Waals surface area contributed by atoms with Crippen LogP contribution in [0.4, 0.5) is 13.2 Å². The van der Waals surface area contributed by atoms with Crippen molar-refractivity contribution in [2.45, 2.75) is 6.04 Å². The van der Waals surface area contributed by atoms with Crippen LogP contribution >= 0.6 is 36.2 Å². The molecule has 0 radical (unpaired) electrons. The Morgan fingerprint density at radius 3 is 2.26 bits per heavy atom. The molecule has 2 aromatic rings. The van der Waals surface area contributed by atoms with E-state index in [9.17, 15) is 13.2 Å². The maximum absolute atomic E-state index is 14.2. The lowest BCUT2D eigenvalue weighted by atomic mass is 10.0. The molecule has 1 atom stereocenters. The lowest BCUT2D eigenvalue weighted by Crippen LogP contribution is -2.45. The van der Waals surface area contributed by atoms with Gasteiger partial charge in [-0.2, -0.15) is 0 Å². The fraction of sp³-hybridized carbons (Fsp3) is 0.333. The fourth-order valence-electron chi connectivity index (χ4n) is 2.66. The van der Waals surface area contributed by atoms with Crippen LogP contribution in [0.1, 0.15) is 16.5 Å². The Kier molecular flexibility index (Phi) is 7.83. The van der Waals surface area contributed by atoms with Crippen molar-refractivity contribution < 1.29 is 13.2 Å². The molecule has 1 aromatic heterocycles. The highest BCUT2D eigenvalue weighted by Gasteiger charge is 2.28. The van der Waals surface area contributed by atoms with E-state index in [0.29, 0.717) is 6.07 Å². The van der Waals surface area contributed by atoms with Gasteiger partial charge in [-0.15, -0.1) is 36.2 Å². The molecule has 1 fully saturated rings. The summed E-state index contributed by atoms with van der Waals surface area (Å²) in [7, 11) is 0. The van der Waals surface area contributed by atoms with Gasteiger partial charge in [-0.25, -0.2) is 13.2 Å². The Morgan fingerprint density at radius 2 is 1.65 bits per heavy atom. The maximum Gasteiger partial charge on any atom is 0.161 e. The van der Waals surface area contributed by atoms with Crippen molar-refractivity contribution in [2.24, 2.45) is 0 Å². The second kappa shape index (κ2) is 8.89. The summed E-state index contributed by atoms with van der Waals surface area (Å²) in [5, 5.41) is 5.14. The number of piperazine rings is 1. The van der Waals surface area contributed by atoms with E-state index >= 15 is 0 Å². The zero-order chi connectivity index (χ0) is 14.8. The largest absolute Gasteiger partial charge is 0.314 e. The van der Waals surface area contributed by atoms with Gasteiger partial charge in [0.05, 0.1) is 6.04 Å². The zero-order valence-electron chi connectivity index (χ0n) is 12.1. The number of hydrogen-bond donors (Lipinski definition) is 1. The van der Waals surface area contributed by atoms with Gasteiger partial charge in [-0.05, 0) is 17.5 Å². The molecule has 0 aliphatic carbocycles. The quantitative estimate of drug-likeness (QED) is 0.804. The zero-order valence-corrected chi connectivity index (χ0v) is 14.5. The summed E-state index contributed by atoms with van der Waals surface area (Å²) < 4.78 is 40.9. The monoisotopic (exact) mass is 384 g/mol. The number of nitrogens with one attached hydrogen (secondary N) is 1. The summed E-state index contributed by atoms with van der Waals surface area (Å²) in [5.74, 6) is -2.87. The number of halogens is 5. The number of nitrogens with zero attached hydrogens (tertiary/aromatic N) is 1. The van der Waals surface area contributed by atoms with Crippen LogP contribution in [-0.2, 0) is 0 Å². The molecule has 8 heteroatoms. The standard InChI is InChI=1S/C15H15F3N2S.2ClH/c16-11-9-13(18)12(17)8-10(11)15(14-2-1-7-21-14)20-5-3-19-4-6-20;;/h1-2,7-9,15,19H,3-6H2;2*1H/t15-;;/m0../s1. The summed E-state index contributed by atoms with van der Waals surface area (Å²) in [5.41, 5.74) is 0.193. The Hall–Kier alpha value is -0.790. The van der Waals surface area contributed by atoms with Gasteiger partial charge in [-0.1, -0.05) is 6.07 Å². The third-order valence-corrected chi connectivity index (χ3v) is 4.59. The second-order valence-electron chi connectivity index (χ2n) is 4.99. The summed E-state index contributed by atoms with van der Waals surface area (Å²) in [6, 6.07) is 5.03. The highest BCUT2D eigenvalue weighted by atomic mass is 35.5. The molecule has 0 spiro atoms. The molecule has 0 bridgehead atoms. The van der Waals surface area contributed by atoms with Gasteiger partial charge in [0.1, 0.15) is 5.82 Å². The first-order chi connectivity index (χ1) is 10.2. The van der Waals surface area contributed by atoms with Crippen LogP contribution in [0.25, 0.3) is 0 Å². The molecule has 1 saturated heterocycles. The highest BCUT2D eigenvalue weighted by molar-refractivity contribution is 7.10. The van der Waals surface area contributed by atoms with E-state index in [1.54, 1.807) is 0 Å². The topological polar surface area (TPSA) is 15.3 Å². The minimum Gasteiger partial charge on any atom is -0.314 e. The normalized spacial score (nSPS) is 16.3. The van der Waals surface area contributed by atoms with Gasteiger partial charge in [0.25, 0.3) is 0 Å². The van der Waals surface area contributed by atoms with Crippen molar-refractivity contribution in [3.63, 3.8) is 0 Å². The predicted octanol–water partition coefficient (Wildman–Crippen LogP) is 4.00. The highest BCUT2D eigenvalue weighted by Crippen LogP contribution is 2.34. The maximum atomic E-state index is 14.2. The van der Waals surface area contributed by atoms with Gasteiger partial charge >= 0.3 is 0 Å². The van der Waals surface area contributed by atoms with Gasteiger partial charge in [-0.3, -0.25) is 4.90 Å². The van der Waals surface area contributed by atoms with E-state index in [1.165, 1.54) is 11.3 Å². The van der Waals surface area contributed by atoms with Crippen LogP contribution in [0.3, 0.4) is 0 Å². The molecule has 3 rings (SSSR count). The third-order valence-electron chi connectivity index (χ3n) is 3.66. The molecule has 0 unspecified atom stereocenters. The summed E-state index contributed by atoms with van der Waals surface area (Å²) in [6.07, 6.45) is 0. The van der Waals surface area contributed by atoms with Crippen LogP contribution in [0.2, 0.25) is 0 Å². The Balaban J connectivity index is 0.00000132. The molecule has 128 valence electrons. The van der Waals surface area contributed by atoms with Crippen LogP contribution in [0.5, 0.6) is 0 Å². The number of thiophene rings is 1. The van der Waals surface area contributed by atoms with Gasteiger partial charge < -0.3 is 5.32 Å². The average Bonchev–Trinajstić information content (AvgIpc) is 3.00. The number of benzene rings is 1. The van der Waals surface area contributed by atoms with Crippen molar-refractivity contribution in [3.05, 3.63) is 57.5 Å². The van der Waals surface area contributed by atoms with E-state index in [1.807, 2.05) is 17.5 Å². The lowest BCUT2D eigenvalue weighted by molar-refractivity contribution is 0.197. The Bertz CT molecular complexity index is 619. The van der Waals surface area contributed by atoms with E-state index < -0.39 is 17.5 Å². The molecule has 0 saturated carbocycles. The van der Waals surface area contributed by atoms with E-state index in [4.69, 9.17) is 0 Å². The molecule has 1 aliphatic heterocycles. The van der Waals surface area contributed by atoms with Crippen molar-refractivity contribution in [1.82, 2.24) is 10.2 Å². The van der Waals surface area contributed by atoms with E-state index in [0.717, 1.165) is 37.1 Å². The van der Waals surface area contributed by atoms with Crippen molar-refractivity contribution in [2.75, 3.05) is 26.2 Å². The Morgan fingerprint density at radius 1 is 1.00 bits per heavy atom. The molecule has 2 nitrogen and oxygen atoms in total. The Labute approximate surface area is 149 Å². The van der Waals surface area contributed by atoms with Gasteiger partial charge in [0.15, 0.2) is 11.6 Å². The van der Waals surface area contributed by atoms with Crippen LogP contribution in [-0.4, -0.2) is 31.1 Å². The van der Waals surface area contributed by atoms with Crippen molar-refractivity contribution in [1.29, 1.82) is 0 Å². The molecular formula is C15H17Cl2F3N2S. The first-order valence-corrected chi connectivity index (χ1v) is 7.67. The number of rotatable bonds is 3. The SMILES string of the molecule is Cl.Cl.Fc1cc(F)c([C@@H](c2cccs2)N2CCNCC2)cc1F. The summed E-state index contributed by atoms with van der Waals surface area (Å²) in [6.45, 7) is 3.07. The smallest absolute Gasteiger partial charge is 0.161 e. The molecule has 1 aliphatic rings. The summed E-state index contributed by atoms with van der Waals surface area (Å²) in [4.78, 5) is 3.03. The van der Waals surface area contributed by atoms with Crippen LogP contribution < -0.4 is 5.32 Å². The lowest BCUT2D eigenvalue weighted by Gasteiger charge is -2.34. The minimum absolute atomic E-state index is 0. The third kappa shape index (κ3) is 4.39. The first-order valence-electron chi connectivity index (χ1n) is 6.79. The van der Waals surface area contributed by atoms with Crippen LogP contribution in [0.15, 0.2) is 29.6 Å². The molecule has 0 amide bonds. The van der Waals surface area contributed by atoms with Gasteiger partial charge in [0.2, 0.25) is 0 Å². The molecule has 1 N–H and O–H groups in total. The van der Waals surface area contributed by atoms with Crippen LogP contribution in [0, 0.1) is 17.5 Å². The van der Waals surface area contributed by atoms with Crippen molar-refractivity contribution >= 4 is 36.2 Å². The van der Waals surface area contributed by atoms with Crippen molar-refractivity contribution in [3.8, 4) is 0 Å². The van der Waals surface area contributed by atoms with E-state index in [-0.39, 0.29) is 36.4 Å². The molecule has 23 heavy (non-hydrogen) atoms. The van der Waals surface area contributed by atoms with E-state index in [2.05, 4.69) is 10.2 Å². The molecular weight excluding hydrogens is 368 g/mol. The first kappa shape index (κ1) is 20.3. The average molecular weight is 385 g/mol. The number of hydrogen-bond acceptors (Lipinski definition) is 3. The fourth-order valence-corrected chi connectivity index (χ4v) is 3.54.